The maximum absolute atomic E-state index is 12.3. The van der Waals surface area contributed by atoms with Gasteiger partial charge < -0.3 is 10.2 Å². The quantitative estimate of drug-likeness (QED) is 0.863. The van der Waals surface area contributed by atoms with Crippen LogP contribution in [0.2, 0.25) is 0 Å². The third kappa shape index (κ3) is 3.87. The Labute approximate surface area is 123 Å². The lowest BCUT2D eigenvalue weighted by molar-refractivity contribution is 0.0915. The summed E-state index contributed by atoms with van der Waals surface area (Å²) in [4.78, 5) is 16.9. The molecule has 2 aliphatic heterocycles. The van der Waals surface area contributed by atoms with Crippen LogP contribution in [0.15, 0.2) is 0 Å². The number of urea groups is 1. The summed E-state index contributed by atoms with van der Waals surface area (Å²) in [6.45, 7) is 10.7. The van der Waals surface area contributed by atoms with Crippen molar-refractivity contribution in [2.75, 3.05) is 26.2 Å². The summed E-state index contributed by atoms with van der Waals surface area (Å²) >= 11 is 0. The molecule has 0 aliphatic carbocycles. The SMILES string of the molecule is CC1CCCCN1C(=O)NCC(C)(C)N1CCCCC1. The van der Waals surface area contributed by atoms with Gasteiger partial charge in [0.15, 0.2) is 0 Å². The van der Waals surface area contributed by atoms with Crippen LogP contribution >= 0.6 is 0 Å². The molecule has 2 rings (SSSR count). The maximum atomic E-state index is 12.3. The molecule has 0 aromatic carbocycles. The van der Waals surface area contributed by atoms with Crippen molar-refractivity contribution in [3.8, 4) is 0 Å². The Morgan fingerprint density at radius 3 is 2.40 bits per heavy atom. The van der Waals surface area contributed by atoms with Crippen molar-refractivity contribution >= 4 is 6.03 Å². The highest BCUT2D eigenvalue weighted by Gasteiger charge is 2.30. The van der Waals surface area contributed by atoms with Crippen LogP contribution in [0.4, 0.5) is 4.79 Å². The molecular weight excluding hydrogens is 250 g/mol. The molecule has 0 spiro atoms. The van der Waals surface area contributed by atoms with Crippen LogP contribution in [0.25, 0.3) is 0 Å². The van der Waals surface area contributed by atoms with Crippen LogP contribution < -0.4 is 5.32 Å². The van der Waals surface area contributed by atoms with E-state index in [0.717, 1.165) is 25.9 Å². The van der Waals surface area contributed by atoms with Crippen molar-refractivity contribution in [2.45, 2.75) is 70.9 Å². The predicted molar refractivity (Wildman–Crippen MR) is 82.9 cm³/mol. The Morgan fingerprint density at radius 1 is 1.10 bits per heavy atom. The van der Waals surface area contributed by atoms with Crippen molar-refractivity contribution in [1.82, 2.24) is 15.1 Å². The molecule has 0 saturated carbocycles. The van der Waals surface area contributed by atoms with Crippen LogP contribution in [0.5, 0.6) is 0 Å². The first-order valence-corrected chi connectivity index (χ1v) is 8.30. The second-order valence-corrected chi connectivity index (χ2v) is 7.06. The number of nitrogens with one attached hydrogen (secondary N) is 1. The monoisotopic (exact) mass is 281 g/mol. The van der Waals surface area contributed by atoms with Crippen molar-refractivity contribution < 1.29 is 4.79 Å². The molecule has 0 aromatic rings. The van der Waals surface area contributed by atoms with Gasteiger partial charge in [-0.1, -0.05) is 6.42 Å². The lowest BCUT2D eigenvalue weighted by Crippen LogP contribution is -2.56. The summed E-state index contributed by atoms with van der Waals surface area (Å²) < 4.78 is 0. The normalized spacial score (nSPS) is 25.6. The zero-order valence-electron chi connectivity index (χ0n) is 13.5. The van der Waals surface area contributed by atoms with Gasteiger partial charge >= 0.3 is 6.03 Å². The molecule has 2 heterocycles. The van der Waals surface area contributed by atoms with Gasteiger partial charge in [0.25, 0.3) is 0 Å². The van der Waals surface area contributed by atoms with Gasteiger partial charge in [0.1, 0.15) is 0 Å². The highest BCUT2D eigenvalue weighted by molar-refractivity contribution is 5.74. The minimum Gasteiger partial charge on any atom is -0.336 e. The van der Waals surface area contributed by atoms with E-state index in [9.17, 15) is 4.79 Å². The molecule has 0 bridgehead atoms. The van der Waals surface area contributed by atoms with E-state index in [1.165, 1.54) is 38.8 Å². The zero-order chi connectivity index (χ0) is 14.6. The van der Waals surface area contributed by atoms with Crippen LogP contribution in [0.3, 0.4) is 0 Å². The highest BCUT2D eigenvalue weighted by atomic mass is 16.2. The first-order chi connectivity index (χ1) is 9.50. The largest absolute Gasteiger partial charge is 0.336 e. The number of piperidine rings is 2. The van der Waals surface area contributed by atoms with E-state index in [-0.39, 0.29) is 11.6 Å². The fourth-order valence-corrected chi connectivity index (χ4v) is 3.40. The van der Waals surface area contributed by atoms with E-state index in [4.69, 9.17) is 0 Å². The average molecular weight is 281 g/mol. The topological polar surface area (TPSA) is 35.6 Å². The Balaban J connectivity index is 1.82. The van der Waals surface area contributed by atoms with E-state index in [2.05, 4.69) is 31.0 Å². The lowest BCUT2D eigenvalue weighted by Gasteiger charge is -2.42. The molecule has 1 unspecified atom stereocenters. The standard InChI is InChI=1S/C16H31N3O/c1-14-9-5-8-12-19(14)15(20)17-13-16(2,3)18-10-6-4-7-11-18/h14H,4-13H2,1-3H3,(H,17,20). The zero-order valence-corrected chi connectivity index (χ0v) is 13.5. The number of carbonyl (C=O) groups is 1. The van der Waals surface area contributed by atoms with E-state index in [0.29, 0.717) is 6.04 Å². The van der Waals surface area contributed by atoms with Crippen LogP contribution in [-0.4, -0.2) is 53.6 Å². The second-order valence-electron chi connectivity index (χ2n) is 7.06. The van der Waals surface area contributed by atoms with Gasteiger partial charge in [-0.2, -0.15) is 0 Å². The number of carbonyl (C=O) groups excluding carboxylic acids is 1. The second kappa shape index (κ2) is 6.79. The summed E-state index contributed by atoms with van der Waals surface area (Å²) in [7, 11) is 0. The molecule has 1 N–H and O–H groups in total. The number of amides is 2. The molecule has 2 saturated heterocycles. The Kier molecular flexibility index (Phi) is 5.30. The summed E-state index contributed by atoms with van der Waals surface area (Å²) in [5.74, 6) is 0. The summed E-state index contributed by atoms with van der Waals surface area (Å²) in [6, 6.07) is 0.518. The van der Waals surface area contributed by atoms with E-state index in [1.807, 2.05) is 4.90 Å². The molecular formula is C16H31N3O. The van der Waals surface area contributed by atoms with Crippen molar-refractivity contribution in [1.29, 1.82) is 0 Å². The third-order valence-corrected chi connectivity index (χ3v) is 4.95. The van der Waals surface area contributed by atoms with E-state index < -0.39 is 0 Å². The van der Waals surface area contributed by atoms with Gasteiger partial charge in [-0.05, 0) is 66.0 Å². The molecule has 0 aromatic heterocycles. The fourth-order valence-electron chi connectivity index (χ4n) is 3.40. The number of likely N-dealkylation sites (tertiary alicyclic amines) is 2. The van der Waals surface area contributed by atoms with Crippen molar-refractivity contribution in [2.24, 2.45) is 0 Å². The molecule has 20 heavy (non-hydrogen) atoms. The van der Waals surface area contributed by atoms with E-state index >= 15 is 0 Å². The van der Waals surface area contributed by atoms with Crippen molar-refractivity contribution in [3.63, 3.8) is 0 Å². The smallest absolute Gasteiger partial charge is 0.317 e. The van der Waals surface area contributed by atoms with Crippen molar-refractivity contribution in [3.05, 3.63) is 0 Å². The molecule has 2 aliphatic rings. The van der Waals surface area contributed by atoms with Gasteiger partial charge in [-0.3, -0.25) is 4.90 Å². The first kappa shape index (κ1) is 15.6. The Hall–Kier alpha value is -0.770. The number of nitrogens with zero attached hydrogens (tertiary/aromatic N) is 2. The van der Waals surface area contributed by atoms with Crippen LogP contribution in [-0.2, 0) is 0 Å². The van der Waals surface area contributed by atoms with Gasteiger partial charge in [-0.25, -0.2) is 4.79 Å². The van der Waals surface area contributed by atoms with Gasteiger partial charge in [0.05, 0.1) is 0 Å². The average Bonchev–Trinajstić information content (AvgIpc) is 2.46. The number of hydrogen-bond donors (Lipinski definition) is 1. The minimum atomic E-state index is 0.0646. The predicted octanol–water partition coefficient (Wildman–Crippen LogP) is 2.83. The number of hydrogen-bond acceptors (Lipinski definition) is 2. The lowest BCUT2D eigenvalue weighted by atomic mass is 9.98. The van der Waals surface area contributed by atoms with Gasteiger partial charge in [0.2, 0.25) is 0 Å². The molecule has 0 radical (unpaired) electrons. The minimum absolute atomic E-state index is 0.0646. The van der Waals surface area contributed by atoms with Gasteiger partial charge in [-0.15, -0.1) is 0 Å². The van der Waals surface area contributed by atoms with Crippen LogP contribution in [0.1, 0.15) is 59.3 Å². The van der Waals surface area contributed by atoms with Crippen LogP contribution in [0, 0.1) is 0 Å². The highest BCUT2D eigenvalue weighted by Crippen LogP contribution is 2.20. The third-order valence-electron chi connectivity index (χ3n) is 4.95. The molecule has 116 valence electrons. The first-order valence-electron chi connectivity index (χ1n) is 8.30. The Morgan fingerprint density at radius 2 is 1.75 bits per heavy atom. The molecule has 1 atom stereocenters. The molecule has 2 amide bonds. The molecule has 2 fully saturated rings. The molecule has 4 nitrogen and oxygen atoms in total. The maximum Gasteiger partial charge on any atom is 0.317 e. The number of rotatable bonds is 3. The summed E-state index contributed by atoms with van der Waals surface area (Å²) in [5, 5.41) is 3.17. The fraction of sp³-hybridized carbons (Fsp3) is 0.938. The molecule has 4 heteroatoms. The van der Waals surface area contributed by atoms with E-state index in [1.54, 1.807) is 0 Å². The Bertz CT molecular complexity index is 324. The summed E-state index contributed by atoms with van der Waals surface area (Å²) in [5.41, 5.74) is 0.0646. The summed E-state index contributed by atoms with van der Waals surface area (Å²) in [6.07, 6.45) is 7.48. The van der Waals surface area contributed by atoms with Gasteiger partial charge in [0, 0.05) is 24.7 Å².